The highest BCUT2D eigenvalue weighted by Gasteiger charge is 2.06. The zero-order valence-electron chi connectivity index (χ0n) is 18.6. The fraction of sp³-hybridized carbons (Fsp3) is 0. The maximum atomic E-state index is 6.01. The molecule has 5 nitrogen and oxygen atoms in total. The van der Waals surface area contributed by atoms with Crippen LogP contribution in [0.25, 0.3) is 0 Å². The monoisotopic (exact) mass is 460 g/mol. The fourth-order valence-electron chi connectivity index (χ4n) is 3.61. The van der Waals surface area contributed by atoms with Crippen molar-refractivity contribution in [2.45, 2.75) is 0 Å². The second kappa shape index (κ2) is 9.15. The Balaban J connectivity index is 1.34. The van der Waals surface area contributed by atoms with Gasteiger partial charge in [-0.3, -0.25) is 0 Å². The highest BCUT2D eigenvalue weighted by atomic mass is 16.5. The van der Waals surface area contributed by atoms with Crippen LogP contribution in [0.1, 0.15) is 0 Å². The molecule has 35 heavy (non-hydrogen) atoms. The Kier molecular flexibility index (Phi) is 5.41. The fourth-order valence-corrected chi connectivity index (χ4v) is 3.61. The summed E-state index contributed by atoms with van der Waals surface area (Å²) >= 11 is 0. The summed E-state index contributed by atoms with van der Waals surface area (Å²) in [6.07, 6.45) is 0. The molecule has 4 heterocycles. The van der Waals surface area contributed by atoms with E-state index in [1.807, 2.05) is 121 Å². The van der Waals surface area contributed by atoms with Crippen LogP contribution in [0.4, 0.5) is 0 Å². The number of hydrogen-bond acceptors (Lipinski definition) is 5. The van der Waals surface area contributed by atoms with Gasteiger partial charge >= 0.3 is 0 Å². The summed E-state index contributed by atoms with van der Waals surface area (Å²) in [6, 6.07) is 37.3. The predicted molar refractivity (Wildman–Crippen MR) is 133 cm³/mol. The van der Waals surface area contributed by atoms with Crippen molar-refractivity contribution in [1.29, 1.82) is 0 Å². The molecule has 0 spiro atoms. The van der Waals surface area contributed by atoms with E-state index in [0.29, 0.717) is 57.5 Å². The third kappa shape index (κ3) is 5.04. The Hall–Kier alpha value is -4.90. The van der Waals surface area contributed by atoms with E-state index in [1.54, 1.807) is 0 Å². The molecule has 0 radical (unpaired) electrons. The molecule has 0 saturated carbocycles. The Morgan fingerprint density at radius 3 is 0.657 bits per heavy atom. The van der Waals surface area contributed by atoms with Crippen LogP contribution in [0, 0.1) is 0 Å². The lowest BCUT2D eigenvalue weighted by Gasteiger charge is -2.11. The van der Waals surface area contributed by atoms with Gasteiger partial charge in [0.2, 0.25) is 0 Å². The van der Waals surface area contributed by atoms with Gasteiger partial charge in [-0.1, -0.05) is 12.1 Å². The van der Waals surface area contributed by atoms with Gasteiger partial charge in [-0.05, 0) is 97.1 Å². The van der Waals surface area contributed by atoms with Gasteiger partial charge < -0.3 is 23.7 Å². The van der Waals surface area contributed by atoms with Gasteiger partial charge in [0.15, 0.2) is 0 Å². The van der Waals surface area contributed by atoms with Gasteiger partial charge in [0.1, 0.15) is 57.5 Å². The zero-order chi connectivity index (χ0) is 23.5. The van der Waals surface area contributed by atoms with Crippen LogP contribution in [0.5, 0.6) is 57.5 Å². The van der Waals surface area contributed by atoms with Gasteiger partial charge in [0.05, 0.1) is 0 Å². The minimum Gasteiger partial charge on any atom is -0.457 e. The van der Waals surface area contributed by atoms with Crippen LogP contribution >= 0.6 is 0 Å². The lowest BCUT2D eigenvalue weighted by atomic mass is 10.3. The van der Waals surface area contributed by atoms with Crippen molar-refractivity contribution >= 4 is 0 Å². The lowest BCUT2D eigenvalue weighted by molar-refractivity contribution is 0.453. The number of rotatable bonds is 0. The number of benzene rings is 5. The molecule has 4 aliphatic rings. The van der Waals surface area contributed by atoms with E-state index in [1.165, 1.54) is 0 Å². The van der Waals surface area contributed by atoms with E-state index >= 15 is 0 Å². The van der Waals surface area contributed by atoms with E-state index in [-0.39, 0.29) is 0 Å². The summed E-state index contributed by atoms with van der Waals surface area (Å²) in [6.45, 7) is 0. The minimum atomic E-state index is 0.669. The van der Waals surface area contributed by atoms with Gasteiger partial charge in [0.25, 0.3) is 0 Å². The zero-order valence-corrected chi connectivity index (χ0v) is 18.6. The van der Waals surface area contributed by atoms with Crippen LogP contribution in [-0.4, -0.2) is 0 Å². The summed E-state index contributed by atoms with van der Waals surface area (Å²) < 4.78 is 30.0. The molecule has 5 aromatic carbocycles. The molecule has 0 N–H and O–H groups in total. The van der Waals surface area contributed by atoms with E-state index < -0.39 is 0 Å². The quantitative estimate of drug-likeness (QED) is 0.226. The summed E-state index contributed by atoms with van der Waals surface area (Å²) in [5, 5.41) is 0. The Morgan fingerprint density at radius 2 is 0.429 bits per heavy atom. The molecule has 0 unspecified atom stereocenters. The average Bonchev–Trinajstić information content (AvgIpc) is 2.88. The third-order valence-corrected chi connectivity index (χ3v) is 5.26. The predicted octanol–water partition coefficient (Wildman–Crippen LogP) is 8.96. The van der Waals surface area contributed by atoms with Crippen LogP contribution in [0.2, 0.25) is 0 Å². The molecule has 0 saturated heterocycles. The van der Waals surface area contributed by atoms with E-state index in [4.69, 9.17) is 23.7 Å². The van der Waals surface area contributed by atoms with Gasteiger partial charge in [-0.15, -0.1) is 0 Å². The summed E-state index contributed by atoms with van der Waals surface area (Å²) in [5.41, 5.74) is 0. The first-order valence-corrected chi connectivity index (χ1v) is 11.1. The van der Waals surface area contributed by atoms with Crippen LogP contribution in [0.3, 0.4) is 0 Å². The number of ether oxygens (including phenoxy) is 5. The van der Waals surface area contributed by atoms with Crippen molar-refractivity contribution in [3.8, 4) is 57.5 Å². The van der Waals surface area contributed by atoms with E-state index in [0.717, 1.165) is 0 Å². The topological polar surface area (TPSA) is 46.2 Å². The molecule has 0 aliphatic carbocycles. The van der Waals surface area contributed by atoms with Gasteiger partial charge in [-0.25, -0.2) is 0 Å². The highest BCUT2D eigenvalue weighted by Crippen LogP contribution is 2.33. The van der Waals surface area contributed by atoms with Crippen molar-refractivity contribution in [2.75, 3.05) is 0 Å². The standard InChI is InChI=1S/C30H20O5/c1-3-27-19-29(5-1)34-25-15-17-26(18-16-25)35-30-6-2-4-28(20-30)33-24-13-9-22(10-14-24)31-21-7-11-23(32-27)12-8-21/h1-20H. The normalized spacial score (nSPS) is 12.0. The molecule has 9 rings (SSSR count). The highest BCUT2D eigenvalue weighted by molar-refractivity contribution is 5.44. The molecule has 0 amide bonds. The molecular formula is C30H20O5. The third-order valence-electron chi connectivity index (χ3n) is 5.26. The summed E-state index contributed by atoms with van der Waals surface area (Å²) in [4.78, 5) is 0. The molecule has 0 atom stereocenters. The lowest BCUT2D eigenvalue weighted by Crippen LogP contribution is -1.88. The molecule has 4 aliphatic heterocycles. The summed E-state index contributed by atoms with van der Waals surface area (Å²) in [5.74, 6) is 6.86. The van der Waals surface area contributed by atoms with Crippen molar-refractivity contribution < 1.29 is 23.7 Å². The van der Waals surface area contributed by atoms with Crippen molar-refractivity contribution in [3.63, 3.8) is 0 Å². The second-order valence-electron chi connectivity index (χ2n) is 7.87. The van der Waals surface area contributed by atoms with Crippen LogP contribution in [0.15, 0.2) is 121 Å². The Labute approximate surface area is 202 Å². The van der Waals surface area contributed by atoms with Gasteiger partial charge in [-0.2, -0.15) is 0 Å². The largest absolute Gasteiger partial charge is 0.457 e. The molecular weight excluding hydrogens is 440 g/mol. The Bertz CT molecular complexity index is 1330. The summed E-state index contributed by atoms with van der Waals surface area (Å²) in [7, 11) is 0. The maximum absolute atomic E-state index is 6.01. The molecule has 0 aromatic heterocycles. The molecule has 5 aromatic rings. The smallest absolute Gasteiger partial charge is 0.131 e. The van der Waals surface area contributed by atoms with Crippen LogP contribution in [-0.2, 0) is 0 Å². The van der Waals surface area contributed by atoms with Crippen molar-refractivity contribution in [1.82, 2.24) is 0 Å². The average molecular weight is 460 g/mol. The maximum Gasteiger partial charge on any atom is 0.131 e. The minimum absolute atomic E-state index is 0.669. The molecule has 10 bridgehead atoms. The van der Waals surface area contributed by atoms with Gasteiger partial charge in [0, 0.05) is 12.1 Å². The number of fused-ring (bicyclic) bond motifs is 3. The second-order valence-corrected chi connectivity index (χ2v) is 7.87. The van der Waals surface area contributed by atoms with E-state index in [9.17, 15) is 0 Å². The first kappa shape index (κ1) is 20.7. The van der Waals surface area contributed by atoms with Crippen molar-refractivity contribution in [3.05, 3.63) is 121 Å². The number of hydrogen-bond donors (Lipinski definition) is 0. The van der Waals surface area contributed by atoms with E-state index in [2.05, 4.69) is 0 Å². The molecule has 170 valence electrons. The first-order chi connectivity index (χ1) is 17.2. The SMILES string of the molecule is c1cc2cc(c1)Oc1ccc(cc1)Oc1cccc(c1)Oc1ccc(cc1)Oc1ccc(cc1)O2. The van der Waals surface area contributed by atoms with Crippen molar-refractivity contribution in [2.24, 2.45) is 0 Å². The Morgan fingerprint density at radius 1 is 0.229 bits per heavy atom. The first-order valence-electron chi connectivity index (χ1n) is 11.1. The molecule has 0 fully saturated rings. The molecule has 5 heteroatoms. The van der Waals surface area contributed by atoms with Crippen LogP contribution < -0.4 is 23.7 Å².